The lowest BCUT2D eigenvalue weighted by Crippen LogP contribution is -2.58. The highest BCUT2D eigenvalue weighted by molar-refractivity contribution is 6.22. The molecule has 1 aliphatic heterocycles. The first-order valence-electron chi connectivity index (χ1n) is 10.0. The molecule has 1 heterocycles. The van der Waals surface area contributed by atoms with Crippen molar-refractivity contribution in [3.63, 3.8) is 0 Å². The second-order valence-electron chi connectivity index (χ2n) is 7.31. The number of rotatable bonds is 6. The lowest BCUT2D eigenvalue weighted by Gasteiger charge is -2.36. The molecule has 3 aromatic rings. The first-order valence-corrected chi connectivity index (χ1v) is 10.0. The predicted molar refractivity (Wildman–Crippen MR) is 123 cm³/mol. The summed E-state index contributed by atoms with van der Waals surface area (Å²) in [6, 6.07) is 20.8. The van der Waals surface area contributed by atoms with Crippen molar-refractivity contribution in [1.82, 2.24) is 5.32 Å². The van der Waals surface area contributed by atoms with Gasteiger partial charge in [-0.2, -0.15) is 0 Å². The van der Waals surface area contributed by atoms with Gasteiger partial charge in [-0.25, -0.2) is 19.4 Å². The van der Waals surface area contributed by atoms with E-state index in [0.29, 0.717) is 28.4 Å². The van der Waals surface area contributed by atoms with E-state index in [9.17, 15) is 9.59 Å². The lowest BCUT2D eigenvalue weighted by molar-refractivity contribution is 0.182. The minimum absolute atomic E-state index is 0.197. The molecule has 7 heteroatoms. The number of methoxy groups -OCH3 is 1. The number of carbonyl (C=O) groups excluding carboxylic acids is 2. The topological polar surface area (TPSA) is 71.1 Å². The number of anilines is 2. The average Bonchev–Trinajstić information content (AvgIpc) is 2.76. The summed E-state index contributed by atoms with van der Waals surface area (Å²) < 4.78 is 11.3. The van der Waals surface area contributed by atoms with Gasteiger partial charge in [0.05, 0.1) is 18.0 Å². The van der Waals surface area contributed by atoms with E-state index in [1.54, 1.807) is 31.4 Å². The average molecular weight is 429 g/mol. The molecule has 4 amide bonds. The van der Waals surface area contributed by atoms with Gasteiger partial charge in [-0.1, -0.05) is 36.9 Å². The third kappa shape index (κ3) is 4.19. The molecule has 0 atom stereocenters. The molecule has 1 saturated heterocycles. The summed E-state index contributed by atoms with van der Waals surface area (Å²) in [5.41, 5.74) is 2.69. The van der Waals surface area contributed by atoms with Crippen LogP contribution in [0.5, 0.6) is 11.5 Å². The van der Waals surface area contributed by atoms with Crippen molar-refractivity contribution in [2.45, 2.75) is 13.5 Å². The highest BCUT2D eigenvalue weighted by atomic mass is 16.5. The molecule has 32 heavy (non-hydrogen) atoms. The molecule has 162 valence electrons. The number of para-hydroxylation sites is 1. The zero-order valence-electron chi connectivity index (χ0n) is 17.9. The lowest BCUT2D eigenvalue weighted by atomic mass is 10.1. The van der Waals surface area contributed by atoms with Crippen molar-refractivity contribution in [1.29, 1.82) is 0 Å². The molecule has 7 nitrogen and oxygen atoms in total. The number of ether oxygens (including phenoxy) is 2. The van der Waals surface area contributed by atoms with Gasteiger partial charge in [0.1, 0.15) is 17.3 Å². The van der Waals surface area contributed by atoms with Gasteiger partial charge in [-0.05, 0) is 55.0 Å². The Morgan fingerprint density at radius 3 is 2.38 bits per heavy atom. The number of hydrogen-bond donors (Lipinski definition) is 1. The Labute approximate surface area is 186 Å². The van der Waals surface area contributed by atoms with Crippen LogP contribution < -0.4 is 19.9 Å². The van der Waals surface area contributed by atoms with E-state index in [2.05, 4.69) is 11.9 Å². The molecule has 0 bridgehead atoms. The maximum Gasteiger partial charge on any atom is 0.343 e. The number of urea groups is 2. The molecule has 0 radical (unpaired) electrons. The number of amides is 4. The number of benzene rings is 3. The van der Waals surface area contributed by atoms with E-state index >= 15 is 0 Å². The Balaban J connectivity index is 1.69. The summed E-state index contributed by atoms with van der Waals surface area (Å²) in [6.07, 6.45) is 0. The van der Waals surface area contributed by atoms with Crippen LogP contribution in [0.15, 0.2) is 85.2 Å². The Kier molecular flexibility index (Phi) is 5.91. The zero-order chi connectivity index (χ0) is 22.7. The van der Waals surface area contributed by atoms with Crippen LogP contribution >= 0.6 is 0 Å². The van der Waals surface area contributed by atoms with Gasteiger partial charge in [-0.3, -0.25) is 5.32 Å². The standard InChI is InChI=1S/C25H23N3O4/c1-17-8-7-9-20(14-17)27-18(2)26-24(29)28(25(27)30)21-12-13-23(19(15-21)16-31-3)32-22-10-5-4-6-11-22/h4-15H,2,16H2,1,3H3,(H,26,29). The van der Waals surface area contributed by atoms with E-state index < -0.39 is 12.1 Å². The van der Waals surface area contributed by atoms with Gasteiger partial charge in [0.15, 0.2) is 0 Å². The van der Waals surface area contributed by atoms with E-state index in [4.69, 9.17) is 9.47 Å². The normalized spacial score (nSPS) is 13.9. The Hall–Kier alpha value is -4.10. The third-order valence-electron chi connectivity index (χ3n) is 4.94. The number of nitrogens with one attached hydrogen (secondary N) is 1. The van der Waals surface area contributed by atoms with E-state index in [1.807, 2.05) is 55.5 Å². The monoisotopic (exact) mass is 429 g/mol. The fourth-order valence-electron chi connectivity index (χ4n) is 3.49. The van der Waals surface area contributed by atoms with E-state index in [-0.39, 0.29) is 12.4 Å². The molecule has 0 spiro atoms. The molecular formula is C25H23N3O4. The van der Waals surface area contributed by atoms with Crippen LogP contribution in [0.2, 0.25) is 0 Å². The summed E-state index contributed by atoms with van der Waals surface area (Å²) in [5, 5.41) is 2.67. The smallest absolute Gasteiger partial charge is 0.343 e. The summed E-state index contributed by atoms with van der Waals surface area (Å²) in [7, 11) is 1.57. The largest absolute Gasteiger partial charge is 0.457 e. The minimum atomic E-state index is -0.580. The molecule has 0 saturated carbocycles. The molecule has 3 aromatic carbocycles. The van der Waals surface area contributed by atoms with Crippen LogP contribution in [-0.2, 0) is 11.3 Å². The van der Waals surface area contributed by atoms with Crippen molar-refractivity contribution < 1.29 is 19.1 Å². The number of aryl methyl sites for hydroxylation is 1. The number of imide groups is 1. The summed E-state index contributed by atoms with van der Waals surface area (Å²) in [5.74, 6) is 1.45. The van der Waals surface area contributed by atoms with Crippen LogP contribution in [0.1, 0.15) is 11.1 Å². The Bertz CT molecular complexity index is 1180. The summed E-state index contributed by atoms with van der Waals surface area (Å²) in [6.45, 7) is 6.02. The summed E-state index contributed by atoms with van der Waals surface area (Å²) in [4.78, 5) is 28.6. The SMILES string of the molecule is C=C1NC(=O)N(c2ccc(Oc3ccccc3)c(COC)c2)C(=O)N1c1cccc(C)c1. The van der Waals surface area contributed by atoms with Crippen LogP contribution in [0.4, 0.5) is 21.0 Å². The van der Waals surface area contributed by atoms with Crippen LogP contribution in [0.3, 0.4) is 0 Å². The second-order valence-corrected chi connectivity index (χ2v) is 7.31. The first kappa shape index (κ1) is 21.1. The van der Waals surface area contributed by atoms with Gasteiger partial charge in [-0.15, -0.1) is 0 Å². The Morgan fingerprint density at radius 2 is 1.66 bits per heavy atom. The fourth-order valence-corrected chi connectivity index (χ4v) is 3.49. The molecule has 1 N–H and O–H groups in total. The second kappa shape index (κ2) is 8.95. The minimum Gasteiger partial charge on any atom is -0.457 e. The predicted octanol–water partition coefficient (Wildman–Crippen LogP) is 5.56. The highest BCUT2D eigenvalue weighted by Crippen LogP contribution is 2.32. The fraction of sp³-hybridized carbons (Fsp3) is 0.120. The molecule has 1 fully saturated rings. The third-order valence-corrected chi connectivity index (χ3v) is 4.94. The van der Waals surface area contributed by atoms with Crippen LogP contribution in [0.25, 0.3) is 0 Å². The highest BCUT2D eigenvalue weighted by Gasteiger charge is 2.37. The Morgan fingerprint density at radius 1 is 0.906 bits per heavy atom. The van der Waals surface area contributed by atoms with Gasteiger partial charge < -0.3 is 9.47 Å². The molecule has 0 aliphatic carbocycles. The molecule has 0 aromatic heterocycles. The van der Waals surface area contributed by atoms with Crippen molar-refractivity contribution in [3.8, 4) is 11.5 Å². The van der Waals surface area contributed by atoms with Crippen molar-refractivity contribution in [2.75, 3.05) is 16.9 Å². The molecular weight excluding hydrogens is 406 g/mol. The van der Waals surface area contributed by atoms with E-state index in [0.717, 1.165) is 10.5 Å². The van der Waals surface area contributed by atoms with Gasteiger partial charge >= 0.3 is 12.1 Å². The van der Waals surface area contributed by atoms with Crippen LogP contribution in [-0.4, -0.2) is 19.2 Å². The maximum absolute atomic E-state index is 13.4. The van der Waals surface area contributed by atoms with Crippen LogP contribution in [0, 0.1) is 6.92 Å². The first-order chi connectivity index (χ1) is 15.5. The molecule has 0 unspecified atom stereocenters. The van der Waals surface area contributed by atoms with Gasteiger partial charge in [0.2, 0.25) is 0 Å². The number of nitrogens with zero attached hydrogens (tertiary/aromatic N) is 2. The van der Waals surface area contributed by atoms with Crippen molar-refractivity contribution >= 4 is 23.4 Å². The van der Waals surface area contributed by atoms with Crippen molar-refractivity contribution in [3.05, 3.63) is 96.3 Å². The number of carbonyl (C=O) groups is 2. The van der Waals surface area contributed by atoms with Crippen molar-refractivity contribution in [2.24, 2.45) is 0 Å². The number of hydrogen-bond acceptors (Lipinski definition) is 4. The summed E-state index contributed by atoms with van der Waals surface area (Å²) >= 11 is 0. The molecule has 4 rings (SSSR count). The quantitative estimate of drug-likeness (QED) is 0.557. The maximum atomic E-state index is 13.4. The zero-order valence-corrected chi connectivity index (χ0v) is 17.9. The molecule has 1 aliphatic rings. The van der Waals surface area contributed by atoms with Gasteiger partial charge in [0.25, 0.3) is 0 Å². The van der Waals surface area contributed by atoms with Gasteiger partial charge in [0, 0.05) is 12.7 Å². The van der Waals surface area contributed by atoms with E-state index in [1.165, 1.54) is 4.90 Å².